The van der Waals surface area contributed by atoms with Gasteiger partial charge in [0.25, 0.3) is 5.91 Å². The van der Waals surface area contributed by atoms with E-state index in [9.17, 15) is 14.4 Å². The molecule has 0 saturated carbocycles. The third-order valence-corrected chi connectivity index (χ3v) is 8.10. The molecule has 6 nitrogen and oxygen atoms in total. The summed E-state index contributed by atoms with van der Waals surface area (Å²) in [5.41, 5.74) is 1.46. The molecule has 4 rings (SSSR count). The van der Waals surface area contributed by atoms with Crippen molar-refractivity contribution in [2.24, 2.45) is 0 Å². The number of likely N-dealkylation sites (tertiary alicyclic amines) is 2. The minimum atomic E-state index is -0.424. The van der Waals surface area contributed by atoms with Gasteiger partial charge in [0.2, 0.25) is 11.8 Å². The average molecular weight is 537 g/mol. The van der Waals surface area contributed by atoms with Gasteiger partial charge in [-0.3, -0.25) is 14.4 Å². The van der Waals surface area contributed by atoms with Crippen molar-refractivity contribution in [3.05, 3.63) is 68.7 Å². The molecule has 2 aliphatic rings. The van der Waals surface area contributed by atoms with Gasteiger partial charge in [0.15, 0.2) is 0 Å². The van der Waals surface area contributed by atoms with E-state index in [1.165, 1.54) is 6.92 Å². The SMILES string of the molecule is CC(=O)N1CCC[C@@H]1C(=O)N1CC[C@@H](N(C)C(=O)c2ccc(Cl)cc2)[C@H](c2ccc(Cl)c(Cl)c2)C1. The second kappa shape index (κ2) is 10.8. The van der Waals surface area contributed by atoms with Crippen molar-refractivity contribution in [3.8, 4) is 0 Å². The van der Waals surface area contributed by atoms with Crippen LogP contribution in [0.15, 0.2) is 42.5 Å². The normalized spacial score (nSPS) is 22.3. The summed E-state index contributed by atoms with van der Waals surface area (Å²) in [7, 11) is 1.79. The Labute approximate surface area is 220 Å². The van der Waals surface area contributed by atoms with E-state index in [1.54, 1.807) is 47.2 Å². The molecule has 0 N–H and O–H groups in total. The van der Waals surface area contributed by atoms with Gasteiger partial charge in [-0.2, -0.15) is 0 Å². The molecular weight excluding hydrogens is 509 g/mol. The molecule has 2 aromatic carbocycles. The highest BCUT2D eigenvalue weighted by molar-refractivity contribution is 6.42. The van der Waals surface area contributed by atoms with Crippen molar-refractivity contribution in [3.63, 3.8) is 0 Å². The molecule has 0 radical (unpaired) electrons. The van der Waals surface area contributed by atoms with E-state index < -0.39 is 6.04 Å². The van der Waals surface area contributed by atoms with Crippen molar-refractivity contribution < 1.29 is 14.4 Å². The van der Waals surface area contributed by atoms with Gasteiger partial charge in [0.1, 0.15) is 6.04 Å². The van der Waals surface area contributed by atoms with Crippen LogP contribution in [-0.4, -0.2) is 71.2 Å². The van der Waals surface area contributed by atoms with Crippen LogP contribution in [0.25, 0.3) is 0 Å². The second-order valence-corrected chi connectivity index (χ2v) is 10.5. The lowest BCUT2D eigenvalue weighted by molar-refractivity contribution is -0.144. The Balaban J connectivity index is 1.61. The maximum absolute atomic E-state index is 13.5. The first-order valence-corrected chi connectivity index (χ1v) is 12.8. The number of likely N-dealkylation sites (N-methyl/N-ethyl adjacent to an activating group) is 1. The summed E-state index contributed by atoms with van der Waals surface area (Å²) in [6.07, 6.45) is 2.09. The lowest BCUT2D eigenvalue weighted by atomic mass is 9.84. The molecule has 3 atom stereocenters. The van der Waals surface area contributed by atoms with Gasteiger partial charge in [-0.05, 0) is 61.2 Å². The van der Waals surface area contributed by atoms with Crippen LogP contribution in [0.2, 0.25) is 15.1 Å². The van der Waals surface area contributed by atoms with E-state index in [0.29, 0.717) is 53.1 Å². The highest BCUT2D eigenvalue weighted by atomic mass is 35.5. The van der Waals surface area contributed by atoms with Crippen LogP contribution in [0.3, 0.4) is 0 Å². The van der Waals surface area contributed by atoms with Crippen molar-refractivity contribution in [1.29, 1.82) is 0 Å². The first kappa shape index (κ1) is 25.8. The molecular formula is C26H28Cl3N3O3. The zero-order chi connectivity index (χ0) is 25.3. The molecule has 186 valence electrons. The van der Waals surface area contributed by atoms with Crippen LogP contribution in [0.4, 0.5) is 0 Å². The van der Waals surface area contributed by atoms with Gasteiger partial charge in [0, 0.05) is 56.2 Å². The highest BCUT2D eigenvalue weighted by Gasteiger charge is 2.41. The molecule has 2 fully saturated rings. The number of hydrogen-bond acceptors (Lipinski definition) is 3. The predicted octanol–water partition coefficient (Wildman–Crippen LogP) is 5.11. The van der Waals surface area contributed by atoms with Crippen molar-refractivity contribution in [2.75, 3.05) is 26.7 Å². The number of benzene rings is 2. The molecule has 3 amide bonds. The Morgan fingerprint density at radius 1 is 0.943 bits per heavy atom. The Kier molecular flexibility index (Phi) is 7.94. The molecule has 2 saturated heterocycles. The minimum Gasteiger partial charge on any atom is -0.340 e. The van der Waals surface area contributed by atoms with Crippen molar-refractivity contribution >= 4 is 52.5 Å². The van der Waals surface area contributed by atoms with E-state index in [2.05, 4.69) is 0 Å². The first-order chi connectivity index (χ1) is 16.7. The molecule has 0 bridgehead atoms. The van der Waals surface area contributed by atoms with Gasteiger partial charge in [-0.15, -0.1) is 0 Å². The van der Waals surface area contributed by atoms with Crippen molar-refractivity contribution in [2.45, 2.75) is 44.2 Å². The van der Waals surface area contributed by atoms with Crippen LogP contribution in [0.1, 0.15) is 48.0 Å². The molecule has 0 aromatic heterocycles. The standard InChI is InChI=1S/C26H28Cl3N3O3/c1-16(33)32-12-3-4-24(32)26(35)31-13-11-23(20(15-31)18-7-10-21(28)22(29)14-18)30(2)25(34)17-5-8-19(27)9-6-17/h5-10,14,20,23-24H,3-4,11-13,15H2,1-2H3/t20-,23+,24+/m0/s1. The van der Waals surface area contributed by atoms with Crippen LogP contribution in [0, 0.1) is 0 Å². The zero-order valence-corrected chi connectivity index (χ0v) is 22.0. The number of piperidine rings is 1. The van der Waals surface area contributed by atoms with Gasteiger partial charge in [-0.25, -0.2) is 0 Å². The third kappa shape index (κ3) is 5.45. The van der Waals surface area contributed by atoms with Gasteiger partial charge in [0.05, 0.1) is 10.0 Å². The van der Waals surface area contributed by atoms with Gasteiger partial charge < -0.3 is 14.7 Å². The van der Waals surface area contributed by atoms with Crippen LogP contribution >= 0.6 is 34.8 Å². The van der Waals surface area contributed by atoms with E-state index >= 15 is 0 Å². The molecule has 2 aromatic rings. The number of carbonyl (C=O) groups is 3. The summed E-state index contributed by atoms with van der Waals surface area (Å²) >= 11 is 18.5. The predicted molar refractivity (Wildman–Crippen MR) is 138 cm³/mol. The Morgan fingerprint density at radius 2 is 1.66 bits per heavy atom. The lowest BCUT2D eigenvalue weighted by Gasteiger charge is -2.44. The maximum atomic E-state index is 13.5. The number of rotatable bonds is 4. The van der Waals surface area contributed by atoms with Gasteiger partial charge >= 0.3 is 0 Å². The fraction of sp³-hybridized carbons (Fsp3) is 0.423. The molecule has 0 aliphatic carbocycles. The second-order valence-electron chi connectivity index (χ2n) is 9.21. The molecule has 2 heterocycles. The lowest BCUT2D eigenvalue weighted by Crippen LogP contribution is -2.55. The summed E-state index contributed by atoms with van der Waals surface area (Å²) in [5.74, 6) is -0.399. The fourth-order valence-corrected chi connectivity index (χ4v) is 5.66. The third-order valence-electron chi connectivity index (χ3n) is 7.11. The number of hydrogen-bond donors (Lipinski definition) is 0. The largest absolute Gasteiger partial charge is 0.340 e. The maximum Gasteiger partial charge on any atom is 0.253 e. The summed E-state index contributed by atoms with van der Waals surface area (Å²) in [5, 5.41) is 1.44. The van der Waals surface area contributed by atoms with E-state index in [1.807, 2.05) is 17.0 Å². The Morgan fingerprint density at radius 3 is 2.31 bits per heavy atom. The van der Waals surface area contributed by atoms with Crippen LogP contribution in [-0.2, 0) is 9.59 Å². The van der Waals surface area contributed by atoms with Crippen LogP contribution in [0.5, 0.6) is 0 Å². The average Bonchev–Trinajstić information content (AvgIpc) is 3.35. The van der Waals surface area contributed by atoms with Gasteiger partial charge in [-0.1, -0.05) is 40.9 Å². The van der Waals surface area contributed by atoms with Crippen molar-refractivity contribution in [1.82, 2.24) is 14.7 Å². The summed E-state index contributed by atoms with van der Waals surface area (Å²) in [6.45, 7) is 3.04. The Hall–Kier alpha value is -2.28. The summed E-state index contributed by atoms with van der Waals surface area (Å²) in [6, 6.07) is 11.7. The van der Waals surface area contributed by atoms with E-state index in [4.69, 9.17) is 34.8 Å². The zero-order valence-electron chi connectivity index (χ0n) is 19.7. The number of carbonyl (C=O) groups excluding carboxylic acids is 3. The van der Waals surface area contributed by atoms with E-state index in [-0.39, 0.29) is 29.7 Å². The van der Waals surface area contributed by atoms with Crippen LogP contribution < -0.4 is 0 Å². The molecule has 9 heteroatoms. The molecule has 35 heavy (non-hydrogen) atoms. The Bertz CT molecular complexity index is 1120. The topological polar surface area (TPSA) is 60.9 Å². The monoisotopic (exact) mass is 535 g/mol. The van der Waals surface area contributed by atoms with E-state index in [0.717, 1.165) is 12.0 Å². The summed E-state index contributed by atoms with van der Waals surface area (Å²) < 4.78 is 0. The quantitative estimate of drug-likeness (QED) is 0.545. The first-order valence-electron chi connectivity index (χ1n) is 11.7. The highest BCUT2D eigenvalue weighted by Crippen LogP contribution is 2.35. The minimum absolute atomic E-state index is 0.0344. The number of nitrogens with zero attached hydrogens (tertiary/aromatic N) is 3. The molecule has 0 spiro atoms. The number of amides is 3. The molecule has 2 aliphatic heterocycles. The summed E-state index contributed by atoms with van der Waals surface area (Å²) in [4.78, 5) is 44.1. The smallest absolute Gasteiger partial charge is 0.253 e. The molecule has 0 unspecified atom stereocenters. The number of halogens is 3. The fourth-order valence-electron chi connectivity index (χ4n) is 5.23.